The molecule has 2 aliphatic rings. The summed E-state index contributed by atoms with van der Waals surface area (Å²) in [6.45, 7) is 3.04. The van der Waals surface area contributed by atoms with E-state index < -0.39 is 15.9 Å². The number of rotatable bonds is 9. The van der Waals surface area contributed by atoms with Crippen LogP contribution in [-0.2, 0) is 31.0 Å². The summed E-state index contributed by atoms with van der Waals surface area (Å²) in [4.78, 5) is 42.9. The number of hydrogen-bond acceptors (Lipinski definition) is 7. The van der Waals surface area contributed by atoms with E-state index in [2.05, 4.69) is 15.6 Å². The van der Waals surface area contributed by atoms with Gasteiger partial charge in [-0.3, -0.25) is 19.4 Å². The molecule has 1 aromatic rings. The fraction of sp³-hybridized carbons (Fsp3) is 0.440. The van der Waals surface area contributed by atoms with Crippen LogP contribution >= 0.6 is 0 Å². The van der Waals surface area contributed by atoms with Crippen LogP contribution in [0.3, 0.4) is 0 Å². The Morgan fingerprint density at radius 2 is 1.81 bits per heavy atom. The van der Waals surface area contributed by atoms with Crippen molar-refractivity contribution >= 4 is 39.1 Å². The minimum absolute atomic E-state index is 0.225. The number of carbonyl (C=O) groups is 3. The van der Waals surface area contributed by atoms with Crippen molar-refractivity contribution in [1.29, 1.82) is 0 Å². The van der Waals surface area contributed by atoms with Gasteiger partial charge in [-0.15, -0.1) is 0 Å². The van der Waals surface area contributed by atoms with Crippen LogP contribution in [-0.4, -0.2) is 80.5 Å². The fourth-order valence-electron chi connectivity index (χ4n) is 3.87. The van der Waals surface area contributed by atoms with Crippen molar-refractivity contribution in [2.45, 2.75) is 26.3 Å². The van der Waals surface area contributed by atoms with Crippen LogP contribution in [0.2, 0.25) is 0 Å². The molecule has 200 valence electrons. The number of benzene rings is 1. The first-order chi connectivity index (χ1) is 17.5. The second-order valence-electron chi connectivity index (χ2n) is 9.11. The van der Waals surface area contributed by atoms with Gasteiger partial charge in [0.1, 0.15) is 5.71 Å². The highest BCUT2D eigenvalue weighted by Crippen LogP contribution is 2.33. The second kappa shape index (κ2) is 12.2. The van der Waals surface area contributed by atoms with Crippen molar-refractivity contribution in [1.82, 2.24) is 14.5 Å². The first-order valence-electron chi connectivity index (χ1n) is 12.0. The zero-order valence-corrected chi connectivity index (χ0v) is 22.2. The lowest BCUT2D eigenvalue weighted by molar-refractivity contribution is -0.127. The Hall–Kier alpha value is -3.51. The van der Waals surface area contributed by atoms with Gasteiger partial charge in [-0.25, -0.2) is 8.42 Å². The molecule has 0 atom stereocenters. The number of hydrogen-bond donors (Lipinski definition) is 3. The summed E-state index contributed by atoms with van der Waals surface area (Å²) >= 11 is 0. The molecule has 0 radical (unpaired) electrons. The molecule has 1 aromatic carbocycles. The molecule has 1 saturated heterocycles. The van der Waals surface area contributed by atoms with Crippen LogP contribution < -0.4 is 16.4 Å². The van der Waals surface area contributed by atoms with E-state index in [1.807, 2.05) is 13.0 Å². The number of sulfonamides is 1. The number of nitrogens with two attached hydrogens (primary N) is 1. The predicted octanol–water partition coefficient (Wildman–Crippen LogP) is 0.533. The van der Waals surface area contributed by atoms with Crippen LogP contribution in [0.5, 0.6) is 0 Å². The van der Waals surface area contributed by atoms with Gasteiger partial charge in [0.15, 0.2) is 0 Å². The van der Waals surface area contributed by atoms with E-state index >= 15 is 0 Å². The number of carbonyl (C=O) groups excluding carboxylic acids is 3. The first kappa shape index (κ1) is 28.1. The molecule has 0 aromatic heterocycles. The Bertz CT molecular complexity index is 1240. The predicted molar refractivity (Wildman–Crippen MR) is 142 cm³/mol. The molecule has 3 amide bonds. The molecule has 11 nitrogen and oxygen atoms in total. The third-order valence-corrected chi connectivity index (χ3v) is 7.67. The molecule has 1 aliphatic carbocycles. The van der Waals surface area contributed by atoms with Gasteiger partial charge < -0.3 is 21.3 Å². The molecular formula is C25H34N6O5S. The quantitative estimate of drug-likeness (QED) is 0.313. The number of piperazine rings is 1. The minimum Gasteiger partial charge on any atom is -0.402 e. The molecule has 2 fully saturated rings. The molecule has 1 aliphatic heterocycles. The second-order valence-corrected chi connectivity index (χ2v) is 11.1. The molecular weight excluding hydrogens is 496 g/mol. The Morgan fingerprint density at radius 1 is 1.14 bits per heavy atom. The summed E-state index contributed by atoms with van der Waals surface area (Å²) in [7, 11) is -1.74. The maximum atomic E-state index is 12.6. The Morgan fingerprint density at radius 3 is 2.41 bits per heavy atom. The molecule has 12 heteroatoms. The molecule has 0 spiro atoms. The van der Waals surface area contributed by atoms with E-state index in [0.717, 1.165) is 36.3 Å². The highest BCUT2D eigenvalue weighted by molar-refractivity contribution is 7.88. The molecule has 0 unspecified atom stereocenters. The third kappa shape index (κ3) is 7.99. The van der Waals surface area contributed by atoms with Gasteiger partial charge in [0, 0.05) is 63.3 Å². The summed E-state index contributed by atoms with van der Waals surface area (Å²) < 4.78 is 24.5. The van der Waals surface area contributed by atoms with Crippen LogP contribution in [0.1, 0.15) is 24.0 Å². The van der Waals surface area contributed by atoms with E-state index in [4.69, 9.17) is 5.73 Å². The van der Waals surface area contributed by atoms with Crippen molar-refractivity contribution in [3.63, 3.8) is 0 Å². The zero-order valence-electron chi connectivity index (χ0n) is 21.4. The van der Waals surface area contributed by atoms with Crippen molar-refractivity contribution in [3.8, 4) is 0 Å². The summed E-state index contributed by atoms with van der Waals surface area (Å²) in [5.41, 5.74) is 9.07. The van der Waals surface area contributed by atoms with E-state index in [1.165, 1.54) is 15.3 Å². The van der Waals surface area contributed by atoms with Gasteiger partial charge in [-0.2, -0.15) is 4.31 Å². The smallest absolute Gasteiger partial charge is 0.269 e. The van der Waals surface area contributed by atoms with Gasteiger partial charge in [0.05, 0.1) is 6.26 Å². The Kier molecular flexibility index (Phi) is 9.22. The van der Waals surface area contributed by atoms with Gasteiger partial charge >= 0.3 is 0 Å². The van der Waals surface area contributed by atoms with Crippen LogP contribution in [0.15, 0.2) is 47.1 Å². The highest BCUT2D eigenvalue weighted by atomic mass is 32.2. The van der Waals surface area contributed by atoms with Crippen molar-refractivity contribution in [2.75, 3.05) is 44.8 Å². The first-order valence-corrected chi connectivity index (χ1v) is 13.9. The van der Waals surface area contributed by atoms with Gasteiger partial charge in [0.25, 0.3) is 5.91 Å². The number of allylic oxidation sites excluding steroid dienone is 1. The van der Waals surface area contributed by atoms with Gasteiger partial charge in [-0.05, 0) is 49.0 Å². The number of amides is 3. The average molecular weight is 531 g/mol. The number of anilines is 1. The number of nitrogens with one attached hydrogen (secondary N) is 2. The zero-order chi connectivity index (χ0) is 27.2. The lowest BCUT2D eigenvalue weighted by Gasteiger charge is -2.32. The molecule has 1 heterocycles. The molecule has 37 heavy (non-hydrogen) atoms. The minimum atomic E-state index is -3.29. The number of nitrogens with zero attached hydrogens (tertiary/aromatic N) is 3. The molecule has 0 bridgehead atoms. The topological polar surface area (TPSA) is 154 Å². The van der Waals surface area contributed by atoms with Gasteiger partial charge in [-0.1, -0.05) is 12.1 Å². The lowest BCUT2D eigenvalue weighted by atomic mass is 10.1. The van der Waals surface area contributed by atoms with Crippen molar-refractivity contribution in [3.05, 3.63) is 53.3 Å². The SMILES string of the molecule is CN=C(C=C(N)C1CC1)C(=O)NCc1cccc(NC(=O)/C=C/C(=O)N2CCN(S(C)(=O)=O)CC2)c1C. The monoisotopic (exact) mass is 530 g/mol. The van der Waals surface area contributed by atoms with E-state index in [1.54, 1.807) is 25.3 Å². The van der Waals surface area contributed by atoms with Gasteiger partial charge in [0.2, 0.25) is 21.8 Å². The van der Waals surface area contributed by atoms with Crippen molar-refractivity contribution < 1.29 is 22.8 Å². The summed E-state index contributed by atoms with van der Waals surface area (Å²) in [6, 6.07) is 5.34. The van der Waals surface area contributed by atoms with E-state index in [0.29, 0.717) is 17.3 Å². The highest BCUT2D eigenvalue weighted by Gasteiger charge is 2.26. The van der Waals surface area contributed by atoms with Crippen LogP contribution in [0, 0.1) is 12.8 Å². The van der Waals surface area contributed by atoms with E-state index in [-0.39, 0.29) is 50.2 Å². The number of aliphatic imine (C=N–C) groups is 1. The summed E-state index contributed by atoms with van der Waals surface area (Å²) in [5.74, 6) is -0.838. The Labute approximate surface area is 217 Å². The Balaban J connectivity index is 1.54. The summed E-state index contributed by atoms with van der Waals surface area (Å²) in [5, 5.41) is 5.59. The normalized spacial score (nSPS) is 17.6. The maximum Gasteiger partial charge on any atom is 0.269 e. The fourth-order valence-corrected chi connectivity index (χ4v) is 4.69. The third-order valence-electron chi connectivity index (χ3n) is 6.37. The standard InChI is InChI=1S/C25H34N6O5S/c1-17-19(16-28-25(34)22(27-2)15-20(26)18-7-8-18)5-4-6-21(17)29-23(32)9-10-24(33)30-11-13-31(14-12-30)37(3,35)36/h4-6,9-10,15,18H,7-8,11-14,16,26H2,1-3H3,(H,28,34)(H,29,32)/b10-9+,20-15?,27-22?. The summed E-state index contributed by atoms with van der Waals surface area (Å²) in [6.07, 6.45) is 7.15. The average Bonchev–Trinajstić information content (AvgIpc) is 3.71. The molecule has 3 rings (SSSR count). The largest absolute Gasteiger partial charge is 0.402 e. The molecule has 1 saturated carbocycles. The van der Waals surface area contributed by atoms with Crippen LogP contribution in [0.4, 0.5) is 5.69 Å². The van der Waals surface area contributed by atoms with E-state index in [9.17, 15) is 22.8 Å². The lowest BCUT2D eigenvalue weighted by Crippen LogP contribution is -2.49. The molecule has 4 N–H and O–H groups in total. The van der Waals surface area contributed by atoms with Crippen LogP contribution in [0.25, 0.3) is 0 Å². The van der Waals surface area contributed by atoms with Crippen molar-refractivity contribution in [2.24, 2.45) is 16.6 Å². The maximum absolute atomic E-state index is 12.6.